The van der Waals surface area contributed by atoms with Gasteiger partial charge < -0.3 is 14.8 Å². The Hall–Kier alpha value is -2.21. The molecule has 1 amide bonds. The molecular formula is C18H19NO4S. The molecule has 1 aliphatic rings. The number of carboxylic acids is 1. The van der Waals surface area contributed by atoms with Crippen molar-refractivity contribution in [3.05, 3.63) is 53.5 Å². The Morgan fingerprint density at radius 2 is 2.00 bits per heavy atom. The van der Waals surface area contributed by atoms with Crippen molar-refractivity contribution < 1.29 is 19.1 Å². The summed E-state index contributed by atoms with van der Waals surface area (Å²) in [6.45, 7) is 2.33. The summed E-state index contributed by atoms with van der Waals surface area (Å²) >= 11 is 1.77. The summed E-state index contributed by atoms with van der Waals surface area (Å²) in [5.41, 5.74) is 0.0578. The molecule has 0 atom stereocenters. The van der Waals surface area contributed by atoms with Gasteiger partial charge >= 0.3 is 5.97 Å². The third-order valence-corrected chi connectivity index (χ3v) is 5.53. The average molecular weight is 345 g/mol. The van der Waals surface area contributed by atoms with Crippen LogP contribution in [0, 0.1) is 0 Å². The number of aryl methyl sites for hydroxylation is 1. The highest BCUT2D eigenvalue weighted by atomic mass is 32.2. The lowest BCUT2D eigenvalue weighted by Crippen LogP contribution is -2.31. The van der Waals surface area contributed by atoms with Crippen LogP contribution in [0.4, 0.5) is 0 Å². The number of aromatic carboxylic acids is 1. The number of carboxylic acid groups (broad SMARTS) is 1. The molecule has 1 fully saturated rings. The maximum Gasteiger partial charge on any atom is 0.339 e. The van der Waals surface area contributed by atoms with Crippen LogP contribution >= 0.6 is 11.8 Å². The maximum absolute atomic E-state index is 12.3. The number of carbonyl (C=O) groups is 2. The number of nitrogens with one attached hydrogen (secondary N) is 1. The minimum atomic E-state index is -1.08. The fourth-order valence-electron chi connectivity index (χ4n) is 2.51. The standard InChI is InChI=1S/C18H19NO4S/c1-2-14-13(17(21)22)10-15(23-14)16(20)19-11-18(8-9-18)24-12-6-4-3-5-7-12/h3-7,10H,2,8-9,11H2,1H3,(H,19,20)(H,21,22). The highest BCUT2D eigenvalue weighted by molar-refractivity contribution is 8.01. The number of thioether (sulfide) groups is 1. The van der Waals surface area contributed by atoms with Crippen molar-refractivity contribution in [1.29, 1.82) is 0 Å². The van der Waals surface area contributed by atoms with E-state index in [1.807, 2.05) is 18.2 Å². The molecule has 0 radical (unpaired) electrons. The molecule has 2 N–H and O–H groups in total. The Morgan fingerprint density at radius 3 is 2.54 bits per heavy atom. The fourth-order valence-corrected chi connectivity index (χ4v) is 3.75. The van der Waals surface area contributed by atoms with Crippen LogP contribution in [0.2, 0.25) is 0 Å². The molecule has 0 aliphatic heterocycles. The molecule has 0 saturated heterocycles. The monoisotopic (exact) mass is 345 g/mol. The summed E-state index contributed by atoms with van der Waals surface area (Å²) in [6.07, 6.45) is 2.53. The fraction of sp³-hybridized carbons (Fsp3) is 0.333. The second-order valence-electron chi connectivity index (χ2n) is 5.89. The second kappa shape index (κ2) is 6.73. The van der Waals surface area contributed by atoms with E-state index in [4.69, 9.17) is 9.52 Å². The molecular weight excluding hydrogens is 326 g/mol. The Morgan fingerprint density at radius 1 is 1.29 bits per heavy atom. The van der Waals surface area contributed by atoms with Gasteiger partial charge in [0.1, 0.15) is 11.3 Å². The minimum absolute atomic E-state index is 0.0345. The van der Waals surface area contributed by atoms with Crippen molar-refractivity contribution in [2.24, 2.45) is 0 Å². The Kier molecular flexibility index (Phi) is 4.66. The normalized spacial score (nSPS) is 15.0. The van der Waals surface area contributed by atoms with Crippen molar-refractivity contribution in [2.75, 3.05) is 6.54 Å². The van der Waals surface area contributed by atoms with Crippen molar-refractivity contribution in [2.45, 2.75) is 35.8 Å². The summed E-state index contributed by atoms with van der Waals surface area (Å²) in [6, 6.07) is 11.4. The van der Waals surface area contributed by atoms with E-state index in [0.717, 1.165) is 12.8 Å². The first-order valence-corrected chi connectivity index (χ1v) is 8.73. The SMILES string of the molecule is CCc1oc(C(=O)NCC2(Sc3ccccc3)CC2)cc1C(=O)O. The Balaban J connectivity index is 1.62. The molecule has 126 valence electrons. The summed E-state index contributed by atoms with van der Waals surface area (Å²) in [7, 11) is 0. The Labute approximate surface area is 144 Å². The first kappa shape index (κ1) is 16.6. The highest BCUT2D eigenvalue weighted by Gasteiger charge is 2.44. The van der Waals surface area contributed by atoms with Gasteiger partial charge in [-0.1, -0.05) is 25.1 Å². The van der Waals surface area contributed by atoms with Gasteiger partial charge in [-0.15, -0.1) is 11.8 Å². The second-order valence-corrected chi connectivity index (χ2v) is 7.43. The molecule has 1 aliphatic carbocycles. The van der Waals surface area contributed by atoms with Gasteiger partial charge in [0, 0.05) is 28.7 Å². The molecule has 2 aromatic rings. The quantitative estimate of drug-likeness (QED) is 0.801. The van der Waals surface area contributed by atoms with E-state index in [9.17, 15) is 9.59 Å². The number of furan rings is 1. The van der Waals surface area contributed by atoms with E-state index < -0.39 is 5.97 Å². The molecule has 0 spiro atoms. The minimum Gasteiger partial charge on any atom is -0.478 e. The third kappa shape index (κ3) is 3.64. The topological polar surface area (TPSA) is 79.5 Å². The van der Waals surface area contributed by atoms with Gasteiger partial charge in [0.15, 0.2) is 5.76 Å². The summed E-state index contributed by atoms with van der Waals surface area (Å²) in [5.74, 6) is -1.05. The smallest absolute Gasteiger partial charge is 0.339 e. The molecule has 0 bridgehead atoms. The lowest BCUT2D eigenvalue weighted by Gasteiger charge is -2.15. The number of hydrogen-bond acceptors (Lipinski definition) is 4. The van der Waals surface area contributed by atoms with Crippen LogP contribution in [-0.2, 0) is 6.42 Å². The molecule has 6 heteroatoms. The van der Waals surface area contributed by atoms with Crippen molar-refractivity contribution >= 4 is 23.6 Å². The summed E-state index contributed by atoms with van der Waals surface area (Å²) in [4.78, 5) is 24.6. The van der Waals surface area contributed by atoms with Crippen LogP contribution in [0.15, 0.2) is 45.7 Å². The van der Waals surface area contributed by atoms with Crippen molar-refractivity contribution in [3.63, 3.8) is 0 Å². The van der Waals surface area contributed by atoms with Gasteiger partial charge in [-0.3, -0.25) is 4.79 Å². The molecule has 24 heavy (non-hydrogen) atoms. The van der Waals surface area contributed by atoms with E-state index in [-0.39, 0.29) is 22.0 Å². The number of rotatable bonds is 7. The molecule has 1 saturated carbocycles. The zero-order valence-corrected chi connectivity index (χ0v) is 14.2. The number of carbonyl (C=O) groups excluding carboxylic acids is 1. The van der Waals surface area contributed by atoms with Crippen LogP contribution in [0.5, 0.6) is 0 Å². The van der Waals surface area contributed by atoms with Gasteiger partial charge in [-0.05, 0) is 25.0 Å². The van der Waals surface area contributed by atoms with Gasteiger partial charge in [-0.25, -0.2) is 4.79 Å². The first-order valence-electron chi connectivity index (χ1n) is 7.91. The van der Waals surface area contributed by atoms with Gasteiger partial charge in [0.05, 0.1) is 0 Å². The van der Waals surface area contributed by atoms with E-state index in [0.29, 0.717) is 18.7 Å². The van der Waals surface area contributed by atoms with Crippen molar-refractivity contribution in [3.8, 4) is 0 Å². The maximum atomic E-state index is 12.3. The van der Waals surface area contributed by atoms with Crippen LogP contribution in [-0.4, -0.2) is 28.3 Å². The number of amides is 1. The zero-order valence-electron chi connectivity index (χ0n) is 13.4. The predicted molar refractivity (Wildman–Crippen MR) is 91.6 cm³/mol. The van der Waals surface area contributed by atoms with Gasteiger partial charge in [-0.2, -0.15) is 0 Å². The lowest BCUT2D eigenvalue weighted by atomic mass is 10.2. The van der Waals surface area contributed by atoms with Crippen molar-refractivity contribution in [1.82, 2.24) is 5.32 Å². The van der Waals surface area contributed by atoms with E-state index >= 15 is 0 Å². The summed E-state index contributed by atoms with van der Waals surface area (Å²) < 4.78 is 5.43. The van der Waals surface area contributed by atoms with Crippen LogP contribution < -0.4 is 5.32 Å². The van der Waals surface area contributed by atoms with Gasteiger partial charge in [0.2, 0.25) is 0 Å². The van der Waals surface area contributed by atoms with Crippen LogP contribution in [0.25, 0.3) is 0 Å². The Bertz CT molecular complexity index is 750. The summed E-state index contributed by atoms with van der Waals surface area (Å²) in [5, 5.41) is 12.0. The van der Waals surface area contributed by atoms with Gasteiger partial charge in [0.25, 0.3) is 5.91 Å². The van der Waals surface area contributed by atoms with Crippen LogP contribution in [0.3, 0.4) is 0 Å². The lowest BCUT2D eigenvalue weighted by molar-refractivity contribution is 0.0694. The number of benzene rings is 1. The third-order valence-electron chi connectivity index (χ3n) is 4.04. The predicted octanol–water partition coefficient (Wildman–Crippen LogP) is 3.59. The first-order chi connectivity index (χ1) is 11.5. The highest BCUT2D eigenvalue weighted by Crippen LogP contribution is 2.51. The van der Waals surface area contributed by atoms with E-state index in [2.05, 4.69) is 17.4 Å². The zero-order chi connectivity index (χ0) is 17.2. The largest absolute Gasteiger partial charge is 0.478 e. The molecule has 3 rings (SSSR count). The average Bonchev–Trinajstić information content (AvgIpc) is 3.19. The molecule has 1 aromatic carbocycles. The molecule has 1 aromatic heterocycles. The van der Waals surface area contributed by atoms with E-state index in [1.54, 1.807) is 18.7 Å². The molecule has 0 unspecified atom stereocenters. The van der Waals surface area contributed by atoms with Crippen LogP contribution in [0.1, 0.15) is 46.4 Å². The van der Waals surface area contributed by atoms with E-state index in [1.165, 1.54) is 11.0 Å². The molecule has 5 nitrogen and oxygen atoms in total. The molecule has 1 heterocycles. The number of hydrogen-bond donors (Lipinski definition) is 2.